The Morgan fingerprint density at radius 2 is 1.88 bits per heavy atom. The topological polar surface area (TPSA) is 29.5 Å². The summed E-state index contributed by atoms with van der Waals surface area (Å²) in [5.41, 5.74) is 0. The summed E-state index contributed by atoms with van der Waals surface area (Å²) in [4.78, 5) is 14.5. The van der Waals surface area contributed by atoms with Crippen molar-refractivity contribution < 1.29 is 9.53 Å². The molecule has 1 amide bonds. The number of carbonyl (C=O) groups excluding carboxylic acids is 1. The van der Waals surface area contributed by atoms with Gasteiger partial charge >= 0.3 is 0 Å². The molecule has 0 N–H and O–H groups in total. The first-order valence-corrected chi connectivity index (χ1v) is 7.02. The lowest BCUT2D eigenvalue weighted by atomic mass is 9.85. The molecule has 0 aromatic heterocycles. The van der Waals surface area contributed by atoms with Crippen molar-refractivity contribution in [2.75, 3.05) is 20.2 Å². The van der Waals surface area contributed by atoms with Gasteiger partial charge in [-0.1, -0.05) is 6.92 Å². The zero-order valence-corrected chi connectivity index (χ0v) is 11.2. The van der Waals surface area contributed by atoms with Crippen molar-refractivity contribution in [1.82, 2.24) is 4.90 Å². The maximum Gasteiger partial charge on any atom is 0.225 e. The minimum Gasteiger partial charge on any atom is -0.381 e. The summed E-state index contributed by atoms with van der Waals surface area (Å²) < 4.78 is 5.36. The molecule has 98 valence electrons. The number of piperidine rings is 1. The lowest BCUT2D eigenvalue weighted by Crippen LogP contribution is -2.43. The van der Waals surface area contributed by atoms with Crippen molar-refractivity contribution in [3.63, 3.8) is 0 Å². The van der Waals surface area contributed by atoms with E-state index in [1.165, 1.54) is 12.8 Å². The van der Waals surface area contributed by atoms with Gasteiger partial charge in [0.25, 0.3) is 0 Å². The second-order valence-corrected chi connectivity index (χ2v) is 5.74. The molecule has 1 aliphatic heterocycles. The number of likely N-dealkylation sites (tertiary alicyclic amines) is 1. The van der Waals surface area contributed by atoms with Gasteiger partial charge in [0.2, 0.25) is 5.91 Å². The highest BCUT2D eigenvalue weighted by Gasteiger charge is 2.30. The van der Waals surface area contributed by atoms with Gasteiger partial charge in [-0.15, -0.1) is 0 Å². The van der Waals surface area contributed by atoms with Gasteiger partial charge in [0.1, 0.15) is 0 Å². The van der Waals surface area contributed by atoms with Crippen LogP contribution >= 0.6 is 0 Å². The van der Waals surface area contributed by atoms with E-state index in [9.17, 15) is 4.79 Å². The minimum atomic E-state index is 0.270. The first-order valence-electron chi connectivity index (χ1n) is 7.02. The van der Waals surface area contributed by atoms with Crippen molar-refractivity contribution in [3.05, 3.63) is 0 Å². The molecule has 0 radical (unpaired) electrons. The molecule has 3 nitrogen and oxygen atoms in total. The van der Waals surface area contributed by atoms with Crippen molar-refractivity contribution in [1.29, 1.82) is 0 Å². The number of carbonyl (C=O) groups is 1. The van der Waals surface area contributed by atoms with Gasteiger partial charge in [-0.05, 0) is 44.4 Å². The van der Waals surface area contributed by atoms with Crippen LogP contribution in [0.4, 0.5) is 0 Å². The highest BCUT2D eigenvalue weighted by molar-refractivity contribution is 5.79. The van der Waals surface area contributed by atoms with Crippen LogP contribution in [0.15, 0.2) is 0 Å². The normalized spacial score (nSPS) is 34.7. The Hall–Kier alpha value is -0.570. The van der Waals surface area contributed by atoms with Crippen LogP contribution in [-0.4, -0.2) is 37.1 Å². The van der Waals surface area contributed by atoms with E-state index in [0.717, 1.165) is 38.8 Å². The first-order chi connectivity index (χ1) is 8.20. The van der Waals surface area contributed by atoms with Crippen LogP contribution in [0.1, 0.15) is 45.4 Å². The second-order valence-electron chi connectivity index (χ2n) is 5.74. The smallest absolute Gasteiger partial charge is 0.225 e. The first kappa shape index (κ1) is 12.9. The van der Waals surface area contributed by atoms with Crippen LogP contribution in [0.5, 0.6) is 0 Å². The van der Waals surface area contributed by atoms with Gasteiger partial charge < -0.3 is 9.64 Å². The molecule has 17 heavy (non-hydrogen) atoms. The molecule has 3 heteroatoms. The molecule has 1 heterocycles. The summed E-state index contributed by atoms with van der Waals surface area (Å²) in [6.45, 7) is 4.21. The van der Waals surface area contributed by atoms with Gasteiger partial charge in [-0.25, -0.2) is 0 Å². The molecule has 2 aliphatic rings. The SMILES string of the molecule is COC1CCC(C(=O)N2CCCC(C)C2)CC1. The van der Waals surface area contributed by atoms with E-state index in [1.54, 1.807) is 7.11 Å². The number of hydrogen-bond donors (Lipinski definition) is 0. The van der Waals surface area contributed by atoms with E-state index in [0.29, 0.717) is 17.9 Å². The average Bonchev–Trinajstić information content (AvgIpc) is 2.38. The van der Waals surface area contributed by atoms with Gasteiger partial charge in [0, 0.05) is 26.1 Å². The molecule has 2 fully saturated rings. The van der Waals surface area contributed by atoms with E-state index < -0.39 is 0 Å². The summed E-state index contributed by atoms with van der Waals surface area (Å²) in [5.74, 6) is 1.36. The lowest BCUT2D eigenvalue weighted by molar-refractivity contribution is -0.139. The Morgan fingerprint density at radius 1 is 1.18 bits per heavy atom. The van der Waals surface area contributed by atoms with Gasteiger partial charge in [0.15, 0.2) is 0 Å². The maximum atomic E-state index is 12.4. The molecule has 2 rings (SSSR count). The predicted octanol–water partition coefficient (Wildman–Crippen LogP) is 2.45. The van der Waals surface area contributed by atoms with Crippen LogP contribution in [0.3, 0.4) is 0 Å². The molecule has 1 aliphatic carbocycles. The van der Waals surface area contributed by atoms with E-state index in [1.807, 2.05) is 0 Å². The number of rotatable bonds is 2. The molecule has 0 aromatic rings. The van der Waals surface area contributed by atoms with E-state index in [4.69, 9.17) is 4.74 Å². The van der Waals surface area contributed by atoms with Crippen LogP contribution in [0.2, 0.25) is 0 Å². The lowest BCUT2D eigenvalue weighted by Gasteiger charge is -2.35. The third-order valence-electron chi connectivity index (χ3n) is 4.33. The molecule has 0 aromatic carbocycles. The largest absolute Gasteiger partial charge is 0.381 e. The summed E-state index contributed by atoms with van der Waals surface area (Å²) in [5, 5.41) is 0. The second kappa shape index (κ2) is 5.85. The van der Waals surface area contributed by atoms with Gasteiger partial charge in [0.05, 0.1) is 6.10 Å². The Bertz CT molecular complexity index is 259. The molecular formula is C14H25NO2. The third kappa shape index (κ3) is 3.21. The summed E-state index contributed by atoms with van der Waals surface area (Å²) in [7, 11) is 1.78. The van der Waals surface area contributed by atoms with Gasteiger partial charge in [-0.2, -0.15) is 0 Å². The fourth-order valence-corrected chi connectivity index (χ4v) is 3.19. The zero-order valence-electron chi connectivity index (χ0n) is 11.2. The summed E-state index contributed by atoms with van der Waals surface area (Å²) >= 11 is 0. The van der Waals surface area contributed by atoms with E-state index in [2.05, 4.69) is 11.8 Å². The van der Waals surface area contributed by atoms with E-state index >= 15 is 0 Å². The van der Waals surface area contributed by atoms with Crippen molar-refractivity contribution >= 4 is 5.91 Å². The molecule has 1 atom stereocenters. The standard InChI is InChI=1S/C14H25NO2/c1-11-4-3-9-15(10-11)14(16)12-5-7-13(17-2)8-6-12/h11-13H,3-10H2,1-2H3. The van der Waals surface area contributed by atoms with Crippen molar-refractivity contribution in [3.8, 4) is 0 Å². The number of nitrogens with zero attached hydrogens (tertiary/aromatic N) is 1. The molecule has 0 spiro atoms. The third-order valence-corrected chi connectivity index (χ3v) is 4.33. The summed E-state index contributed by atoms with van der Waals surface area (Å²) in [6.07, 6.45) is 6.98. The number of hydrogen-bond acceptors (Lipinski definition) is 2. The molecule has 1 saturated heterocycles. The molecular weight excluding hydrogens is 214 g/mol. The average molecular weight is 239 g/mol. The van der Waals surface area contributed by atoms with Gasteiger partial charge in [-0.3, -0.25) is 4.79 Å². The molecule has 1 unspecified atom stereocenters. The Morgan fingerprint density at radius 3 is 2.47 bits per heavy atom. The Labute approximate surface area is 105 Å². The Kier molecular flexibility index (Phi) is 4.43. The fraction of sp³-hybridized carbons (Fsp3) is 0.929. The zero-order chi connectivity index (χ0) is 12.3. The monoisotopic (exact) mass is 239 g/mol. The van der Waals surface area contributed by atoms with Crippen LogP contribution < -0.4 is 0 Å². The highest BCUT2D eigenvalue weighted by Crippen LogP contribution is 2.28. The fourth-order valence-electron chi connectivity index (χ4n) is 3.19. The summed E-state index contributed by atoms with van der Waals surface area (Å²) in [6, 6.07) is 0. The maximum absolute atomic E-state index is 12.4. The molecule has 0 bridgehead atoms. The Balaban J connectivity index is 1.83. The van der Waals surface area contributed by atoms with E-state index in [-0.39, 0.29) is 5.92 Å². The highest BCUT2D eigenvalue weighted by atomic mass is 16.5. The number of ether oxygens (including phenoxy) is 1. The van der Waals surface area contributed by atoms with Crippen molar-refractivity contribution in [2.24, 2.45) is 11.8 Å². The minimum absolute atomic E-state index is 0.270. The molecule has 1 saturated carbocycles. The predicted molar refractivity (Wildman–Crippen MR) is 67.7 cm³/mol. The van der Waals surface area contributed by atoms with Crippen LogP contribution in [-0.2, 0) is 9.53 Å². The quantitative estimate of drug-likeness (QED) is 0.741. The van der Waals surface area contributed by atoms with Crippen LogP contribution in [0.25, 0.3) is 0 Å². The number of amides is 1. The number of methoxy groups -OCH3 is 1. The van der Waals surface area contributed by atoms with Crippen LogP contribution in [0, 0.1) is 11.8 Å². The van der Waals surface area contributed by atoms with Crippen molar-refractivity contribution in [2.45, 2.75) is 51.6 Å².